The Labute approximate surface area is 178 Å². The molecular weight excluding hydrogens is 408 g/mol. The maximum Gasteiger partial charge on any atom is 0.282 e. The molecule has 0 atom stereocenters. The van der Waals surface area contributed by atoms with Crippen molar-refractivity contribution in [2.75, 3.05) is 6.61 Å². The predicted molar refractivity (Wildman–Crippen MR) is 115 cm³/mol. The number of nitrogens with zero attached hydrogens (tertiary/aromatic N) is 1. The van der Waals surface area contributed by atoms with Crippen molar-refractivity contribution >= 4 is 34.8 Å². The summed E-state index contributed by atoms with van der Waals surface area (Å²) in [5, 5.41) is 13.3. The monoisotopic (exact) mass is 430 g/mol. The standard InChI is InChI=1S/C20H22N4O5S/c1-13(2)11-12-29-17-10-6-4-8-15(17)18(25)21-20(30)23-22-19(26)14-7-3-5-9-16(14)24(27)28/h3-10,13H,11-12H2,1-2H3,(H,22,26)(H2,21,23,25,30). The van der Waals surface area contributed by atoms with E-state index < -0.39 is 16.7 Å². The van der Waals surface area contributed by atoms with Crippen LogP contribution >= 0.6 is 12.2 Å². The number of nitro benzene ring substituents is 1. The number of hydrazine groups is 1. The fraction of sp³-hybridized carbons (Fsp3) is 0.250. The lowest BCUT2D eigenvalue weighted by Crippen LogP contribution is -2.48. The minimum Gasteiger partial charge on any atom is -0.493 e. The van der Waals surface area contributed by atoms with Crippen LogP contribution in [0.5, 0.6) is 5.75 Å². The van der Waals surface area contributed by atoms with E-state index in [-0.39, 0.29) is 21.9 Å². The zero-order valence-electron chi connectivity index (χ0n) is 16.5. The number of amides is 2. The van der Waals surface area contributed by atoms with Crippen LogP contribution in [0.15, 0.2) is 48.5 Å². The first-order valence-corrected chi connectivity index (χ1v) is 9.57. The van der Waals surface area contributed by atoms with Crippen molar-refractivity contribution in [3.05, 3.63) is 69.8 Å². The number of para-hydroxylation sites is 2. The van der Waals surface area contributed by atoms with Gasteiger partial charge in [0.25, 0.3) is 17.5 Å². The third kappa shape index (κ3) is 6.52. The van der Waals surface area contributed by atoms with Crippen molar-refractivity contribution in [1.29, 1.82) is 0 Å². The summed E-state index contributed by atoms with van der Waals surface area (Å²) in [6, 6.07) is 12.2. The minimum absolute atomic E-state index is 0.145. The zero-order chi connectivity index (χ0) is 22.1. The van der Waals surface area contributed by atoms with Gasteiger partial charge in [0.2, 0.25) is 0 Å². The Balaban J connectivity index is 1.95. The highest BCUT2D eigenvalue weighted by Gasteiger charge is 2.19. The highest BCUT2D eigenvalue weighted by Crippen LogP contribution is 2.19. The molecule has 0 radical (unpaired) electrons. The first-order valence-electron chi connectivity index (χ1n) is 9.16. The quantitative estimate of drug-likeness (QED) is 0.351. The summed E-state index contributed by atoms with van der Waals surface area (Å²) in [7, 11) is 0. The van der Waals surface area contributed by atoms with Crippen LogP contribution in [-0.4, -0.2) is 28.5 Å². The molecule has 0 spiro atoms. The fourth-order valence-electron chi connectivity index (χ4n) is 2.39. The topological polar surface area (TPSA) is 123 Å². The molecule has 0 fully saturated rings. The molecule has 0 aliphatic rings. The van der Waals surface area contributed by atoms with Crippen molar-refractivity contribution in [3.63, 3.8) is 0 Å². The smallest absolute Gasteiger partial charge is 0.282 e. The molecule has 2 aromatic carbocycles. The van der Waals surface area contributed by atoms with Gasteiger partial charge in [0.05, 0.1) is 17.1 Å². The lowest BCUT2D eigenvalue weighted by molar-refractivity contribution is -0.385. The van der Waals surface area contributed by atoms with Crippen molar-refractivity contribution in [3.8, 4) is 5.75 Å². The summed E-state index contributed by atoms with van der Waals surface area (Å²) in [5.74, 6) is -0.405. The highest BCUT2D eigenvalue weighted by molar-refractivity contribution is 7.80. The number of ether oxygens (including phenoxy) is 1. The summed E-state index contributed by atoms with van der Waals surface area (Å²) < 4.78 is 5.68. The van der Waals surface area contributed by atoms with Crippen molar-refractivity contribution in [2.45, 2.75) is 20.3 Å². The van der Waals surface area contributed by atoms with Gasteiger partial charge in [0.15, 0.2) is 5.11 Å². The molecule has 30 heavy (non-hydrogen) atoms. The summed E-state index contributed by atoms with van der Waals surface area (Å²) >= 11 is 5.02. The van der Waals surface area contributed by atoms with Gasteiger partial charge in [0.1, 0.15) is 11.3 Å². The fourth-order valence-corrected chi connectivity index (χ4v) is 2.54. The second-order valence-electron chi connectivity index (χ2n) is 6.66. The molecule has 3 N–H and O–H groups in total. The maximum absolute atomic E-state index is 12.5. The van der Waals surface area contributed by atoms with Gasteiger partial charge in [-0.2, -0.15) is 0 Å². The van der Waals surface area contributed by atoms with Crippen LogP contribution in [0, 0.1) is 16.0 Å². The molecule has 9 nitrogen and oxygen atoms in total. The number of nitro groups is 1. The maximum atomic E-state index is 12.5. The third-order valence-corrected chi connectivity index (χ3v) is 4.15. The number of hydrogen-bond acceptors (Lipinski definition) is 6. The zero-order valence-corrected chi connectivity index (χ0v) is 17.3. The molecule has 0 heterocycles. The van der Waals surface area contributed by atoms with E-state index in [4.69, 9.17) is 17.0 Å². The van der Waals surface area contributed by atoms with E-state index >= 15 is 0 Å². The van der Waals surface area contributed by atoms with E-state index in [0.717, 1.165) is 6.42 Å². The van der Waals surface area contributed by atoms with E-state index in [0.29, 0.717) is 18.3 Å². The van der Waals surface area contributed by atoms with Crippen molar-refractivity contribution in [2.24, 2.45) is 5.92 Å². The molecule has 0 aliphatic heterocycles. The molecule has 0 saturated heterocycles. The Morgan fingerprint density at radius 2 is 1.67 bits per heavy atom. The molecule has 0 unspecified atom stereocenters. The SMILES string of the molecule is CC(C)CCOc1ccccc1C(=O)NC(=S)NNC(=O)c1ccccc1[N+](=O)[O-]. The minimum atomic E-state index is -0.767. The first-order chi connectivity index (χ1) is 14.3. The van der Waals surface area contributed by atoms with Gasteiger partial charge >= 0.3 is 0 Å². The largest absolute Gasteiger partial charge is 0.493 e. The summed E-state index contributed by atoms with van der Waals surface area (Å²) in [5.41, 5.74) is 4.39. The number of benzene rings is 2. The van der Waals surface area contributed by atoms with E-state index in [1.165, 1.54) is 24.3 Å². The van der Waals surface area contributed by atoms with Crippen LogP contribution in [-0.2, 0) is 0 Å². The lowest BCUT2D eigenvalue weighted by atomic mass is 10.1. The van der Waals surface area contributed by atoms with E-state index in [1.54, 1.807) is 24.3 Å². The van der Waals surface area contributed by atoms with Crippen molar-refractivity contribution in [1.82, 2.24) is 16.2 Å². The Hall–Kier alpha value is -3.53. The second-order valence-corrected chi connectivity index (χ2v) is 7.07. The number of carbonyl (C=O) groups excluding carboxylic acids is 2. The summed E-state index contributed by atoms with van der Waals surface area (Å²) in [4.78, 5) is 35.1. The molecule has 0 aliphatic carbocycles. The van der Waals surface area contributed by atoms with Crippen LogP contribution in [0.1, 0.15) is 41.0 Å². The molecule has 158 valence electrons. The van der Waals surface area contributed by atoms with E-state index in [9.17, 15) is 19.7 Å². The molecule has 2 rings (SSSR count). The summed E-state index contributed by atoms with van der Waals surface area (Å²) in [6.45, 7) is 4.62. The Morgan fingerprint density at radius 3 is 2.33 bits per heavy atom. The molecular formula is C20H22N4O5S. The third-order valence-electron chi connectivity index (χ3n) is 3.95. The van der Waals surface area contributed by atoms with E-state index in [1.807, 2.05) is 0 Å². The molecule has 2 aromatic rings. The van der Waals surface area contributed by atoms with Crippen LogP contribution in [0.2, 0.25) is 0 Å². The lowest BCUT2D eigenvalue weighted by Gasteiger charge is -2.14. The van der Waals surface area contributed by atoms with Gasteiger partial charge in [-0.25, -0.2) is 0 Å². The van der Waals surface area contributed by atoms with Gasteiger partial charge in [-0.05, 0) is 42.8 Å². The molecule has 10 heteroatoms. The molecule has 0 saturated carbocycles. The Bertz CT molecular complexity index is 948. The van der Waals surface area contributed by atoms with Gasteiger partial charge in [0, 0.05) is 6.07 Å². The van der Waals surface area contributed by atoms with Crippen LogP contribution < -0.4 is 20.9 Å². The molecule has 0 bridgehead atoms. The number of hydrogen-bond donors (Lipinski definition) is 3. The van der Waals surface area contributed by atoms with Crippen LogP contribution in [0.4, 0.5) is 5.69 Å². The Kier molecular flexibility index (Phi) is 8.24. The molecule has 0 aromatic heterocycles. The van der Waals surface area contributed by atoms with Gasteiger partial charge < -0.3 is 4.74 Å². The number of carbonyl (C=O) groups is 2. The average Bonchev–Trinajstić information content (AvgIpc) is 2.72. The predicted octanol–water partition coefficient (Wildman–Crippen LogP) is 2.97. The highest BCUT2D eigenvalue weighted by atomic mass is 32.1. The van der Waals surface area contributed by atoms with Gasteiger partial charge in [-0.15, -0.1) is 0 Å². The number of nitrogens with one attached hydrogen (secondary N) is 3. The summed E-state index contributed by atoms with van der Waals surface area (Å²) in [6.07, 6.45) is 0.841. The number of thiocarbonyl (C=S) groups is 1. The average molecular weight is 430 g/mol. The first kappa shape index (κ1) is 22.8. The second kappa shape index (κ2) is 10.9. The van der Waals surface area contributed by atoms with Crippen LogP contribution in [0.25, 0.3) is 0 Å². The van der Waals surface area contributed by atoms with Crippen molar-refractivity contribution < 1.29 is 19.2 Å². The van der Waals surface area contributed by atoms with Gasteiger partial charge in [-0.1, -0.05) is 38.1 Å². The van der Waals surface area contributed by atoms with Crippen LogP contribution in [0.3, 0.4) is 0 Å². The molecule has 2 amide bonds. The Morgan fingerprint density at radius 1 is 1.03 bits per heavy atom. The number of rotatable bonds is 7. The van der Waals surface area contributed by atoms with E-state index in [2.05, 4.69) is 30.0 Å². The normalized spacial score (nSPS) is 10.2. The van der Waals surface area contributed by atoms with Gasteiger partial charge in [-0.3, -0.25) is 35.9 Å².